The molecule has 0 aliphatic rings. The molecule has 0 fully saturated rings. The van der Waals surface area contributed by atoms with E-state index in [-0.39, 0.29) is 6.04 Å². The van der Waals surface area contributed by atoms with Gasteiger partial charge in [0.2, 0.25) is 0 Å². The summed E-state index contributed by atoms with van der Waals surface area (Å²) in [4.78, 5) is 2.62. The predicted molar refractivity (Wildman–Crippen MR) is 91.5 cm³/mol. The van der Waals surface area contributed by atoms with Crippen LogP contribution < -0.4 is 10.5 Å². The first-order valence-electron chi connectivity index (χ1n) is 7.37. The Bertz CT molecular complexity index is 582. The van der Waals surface area contributed by atoms with Crippen molar-refractivity contribution in [2.45, 2.75) is 45.8 Å². The van der Waals surface area contributed by atoms with Crippen molar-refractivity contribution in [3.8, 4) is 5.75 Å². The number of hydrogen-bond donors (Lipinski definition) is 1. The van der Waals surface area contributed by atoms with Crippen molar-refractivity contribution in [3.05, 3.63) is 50.7 Å². The van der Waals surface area contributed by atoms with Crippen LogP contribution in [0.25, 0.3) is 0 Å². The first kappa shape index (κ1) is 16.3. The molecule has 21 heavy (non-hydrogen) atoms. The number of rotatable bonds is 7. The quantitative estimate of drug-likeness (QED) is 0.792. The predicted octanol–water partition coefficient (Wildman–Crippen LogP) is 4.82. The summed E-state index contributed by atoms with van der Waals surface area (Å²) in [6.07, 6.45) is 2.74. The fraction of sp³-hybridized carbons (Fsp3) is 0.412. The molecule has 2 nitrogen and oxygen atoms in total. The molecule has 1 aromatic carbocycles. The maximum atomic E-state index is 6.31. The SMILES string of the molecule is CCc1ccc(COc2cccc(Cl)c2CC(N)CC)s1. The van der Waals surface area contributed by atoms with E-state index < -0.39 is 0 Å². The summed E-state index contributed by atoms with van der Waals surface area (Å²) in [5, 5.41) is 0.733. The van der Waals surface area contributed by atoms with Gasteiger partial charge in [-0.05, 0) is 43.5 Å². The summed E-state index contributed by atoms with van der Waals surface area (Å²) in [5.74, 6) is 0.845. The summed E-state index contributed by atoms with van der Waals surface area (Å²) in [6.45, 7) is 4.83. The minimum absolute atomic E-state index is 0.112. The third-order valence-corrected chi connectivity index (χ3v) is 5.06. The summed E-state index contributed by atoms with van der Waals surface area (Å²) in [5.41, 5.74) is 7.07. The van der Waals surface area contributed by atoms with E-state index in [9.17, 15) is 0 Å². The van der Waals surface area contributed by atoms with Crippen LogP contribution in [-0.2, 0) is 19.4 Å². The second kappa shape index (κ2) is 7.83. The van der Waals surface area contributed by atoms with E-state index in [0.29, 0.717) is 6.61 Å². The van der Waals surface area contributed by atoms with Gasteiger partial charge in [-0.1, -0.05) is 31.5 Å². The lowest BCUT2D eigenvalue weighted by atomic mass is 10.0. The third kappa shape index (κ3) is 4.47. The van der Waals surface area contributed by atoms with Crippen LogP contribution in [0.15, 0.2) is 30.3 Å². The van der Waals surface area contributed by atoms with Crippen molar-refractivity contribution in [2.75, 3.05) is 0 Å². The highest BCUT2D eigenvalue weighted by atomic mass is 35.5. The summed E-state index contributed by atoms with van der Waals surface area (Å²) in [6, 6.07) is 10.2. The van der Waals surface area contributed by atoms with E-state index in [1.807, 2.05) is 18.2 Å². The van der Waals surface area contributed by atoms with Crippen LogP contribution in [-0.4, -0.2) is 6.04 Å². The standard InChI is InChI=1S/C17H22ClNOS/c1-3-12(19)10-15-16(18)6-5-7-17(15)20-11-14-9-8-13(4-2)21-14/h5-9,12H,3-4,10-11,19H2,1-2H3. The molecular formula is C17H22ClNOS. The summed E-state index contributed by atoms with van der Waals surface area (Å²) < 4.78 is 5.98. The molecule has 114 valence electrons. The monoisotopic (exact) mass is 323 g/mol. The molecule has 0 saturated carbocycles. The molecule has 0 radical (unpaired) electrons. The second-order valence-electron chi connectivity index (χ2n) is 5.10. The van der Waals surface area contributed by atoms with Gasteiger partial charge in [0.15, 0.2) is 0 Å². The summed E-state index contributed by atoms with van der Waals surface area (Å²) >= 11 is 8.10. The van der Waals surface area contributed by atoms with Crippen LogP contribution in [0.4, 0.5) is 0 Å². The van der Waals surface area contributed by atoms with Crippen LogP contribution >= 0.6 is 22.9 Å². The molecule has 2 aromatic rings. The Morgan fingerprint density at radius 3 is 2.62 bits per heavy atom. The van der Waals surface area contributed by atoms with Gasteiger partial charge in [0.05, 0.1) is 0 Å². The largest absolute Gasteiger partial charge is 0.488 e. The average molecular weight is 324 g/mol. The van der Waals surface area contributed by atoms with E-state index in [2.05, 4.69) is 26.0 Å². The average Bonchev–Trinajstić information content (AvgIpc) is 2.95. The molecular weight excluding hydrogens is 302 g/mol. The number of benzene rings is 1. The molecule has 0 saturated heterocycles. The maximum absolute atomic E-state index is 6.31. The number of nitrogens with two attached hydrogens (primary N) is 1. The molecule has 0 amide bonds. The highest BCUT2D eigenvalue weighted by Gasteiger charge is 2.12. The van der Waals surface area contributed by atoms with Crippen molar-refractivity contribution < 1.29 is 4.74 Å². The first-order valence-corrected chi connectivity index (χ1v) is 8.56. The Morgan fingerprint density at radius 1 is 1.19 bits per heavy atom. The van der Waals surface area contributed by atoms with E-state index in [4.69, 9.17) is 22.1 Å². The molecule has 2 N–H and O–H groups in total. The molecule has 0 bridgehead atoms. The highest BCUT2D eigenvalue weighted by molar-refractivity contribution is 7.11. The van der Waals surface area contributed by atoms with E-state index in [0.717, 1.165) is 35.6 Å². The van der Waals surface area contributed by atoms with Crippen molar-refractivity contribution in [1.29, 1.82) is 0 Å². The zero-order chi connectivity index (χ0) is 15.2. The topological polar surface area (TPSA) is 35.2 Å². The Balaban J connectivity index is 2.10. The molecule has 1 heterocycles. The van der Waals surface area contributed by atoms with Crippen molar-refractivity contribution in [2.24, 2.45) is 5.73 Å². The Labute approximate surface area is 135 Å². The van der Waals surface area contributed by atoms with Crippen LogP contribution in [0, 0.1) is 0 Å². The molecule has 1 aromatic heterocycles. The van der Waals surface area contributed by atoms with E-state index in [1.165, 1.54) is 9.75 Å². The molecule has 2 rings (SSSR count). The van der Waals surface area contributed by atoms with Crippen molar-refractivity contribution >= 4 is 22.9 Å². The van der Waals surface area contributed by atoms with Gasteiger partial charge in [0, 0.05) is 26.4 Å². The van der Waals surface area contributed by atoms with Crippen LogP contribution in [0.1, 0.15) is 35.6 Å². The number of aryl methyl sites for hydroxylation is 1. The van der Waals surface area contributed by atoms with Gasteiger partial charge in [-0.25, -0.2) is 0 Å². The Morgan fingerprint density at radius 2 is 1.95 bits per heavy atom. The lowest BCUT2D eigenvalue weighted by Crippen LogP contribution is -2.22. The van der Waals surface area contributed by atoms with Crippen LogP contribution in [0.3, 0.4) is 0 Å². The summed E-state index contributed by atoms with van der Waals surface area (Å²) in [7, 11) is 0. The maximum Gasteiger partial charge on any atom is 0.124 e. The molecule has 1 unspecified atom stereocenters. The van der Waals surface area contributed by atoms with Gasteiger partial charge < -0.3 is 10.5 Å². The first-order chi connectivity index (χ1) is 10.1. The highest BCUT2D eigenvalue weighted by Crippen LogP contribution is 2.29. The normalized spacial score (nSPS) is 12.4. The van der Waals surface area contributed by atoms with Gasteiger partial charge in [-0.3, -0.25) is 0 Å². The lowest BCUT2D eigenvalue weighted by molar-refractivity contribution is 0.305. The molecule has 0 spiro atoms. The third-order valence-electron chi connectivity index (χ3n) is 3.50. The van der Waals surface area contributed by atoms with Gasteiger partial charge in [0.25, 0.3) is 0 Å². The minimum atomic E-state index is 0.112. The number of ether oxygens (including phenoxy) is 1. The van der Waals surface area contributed by atoms with E-state index >= 15 is 0 Å². The van der Waals surface area contributed by atoms with Crippen LogP contribution in [0.2, 0.25) is 5.02 Å². The molecule has 4 heteroatoms. The zero-order valence-corrected chi connectivity index (χ0v) is 14.1. The van der Waals surface area contributed by atoms with Gasteiger partial charge >= 0.3 is 0 Å². The Kier molecular flexibility index (Phi) is 6.09. The number of halogens is 1. The van der Waals surface area contributed by atoms with Crippen molar-refractivity contribution in [3.63, 3.8) is 0 Å². The molecule has 0 aliphatic carbocycles. The lowest BCUT2D eigenvalue weighted by Gasteiger charge is -2.15. The Hall–Kier alpha value is -1.03. The zero-order valence-electron chi connectivity index (χ0n) is 12.6. The molecule has 0 aliphatic heterocycles. The number of hydrogen-bond acceptors (Lipinski definition) is 3. The van der Waals surface area contributed by atoms with Gasteiger partial charge in [0.1, 0.15) is 12.4 Å². The van der Waals surface area contributed by atoms with E-state index in [1.54, 1.807) is 11.3 Å². The molecule has 1 atom stereocenters. The second-order valence-corrected chi connectivity index (χ2v) is 6.76. The number of thiophene rings is 1. The van der Waals surface area contributed by atoms with Gasteiger partial charge in [-0.15, -0.1) is 11.3 Å². The smallest absolute Gasteiger partial charge is 0.124 e. The fourth-order valence-corrected chi connectivity index (χ4v) is 3.23. The van der Waals surface area contributed by atoms with Crippen molar-refractivity contribution in [1.82, 2.24) is 0 Å². The van der Waals surface area contributed by atoms with Gasteiger partial charge in [-0.2, -0.15) is 0 Å². The fourth-order valence-electron chi connectivity index (χ4n) is 2.12. The van der Waals surface area contributed by atoms with Crippen LogP contribution in [0.5, 0.6) is 5.75 Å². The minimum Gasteiger partial charge on any atom is -0.488 e.